The van der Waals surface area contributed by atoms with Crippen LogP contribution < -0.4 is 0 Å². The van der Waals surface area contributed by atoms with E-state index in [2.05, 4.69) is 6.58 Å². The molecule has 1 unspecified atom stereocenters. The van der Waals surface area contributed by atoms with Crippen molar-refractivity contribution >= 4 is 12.6 Å². The lowest BCUT2D eigenvalue weighted by molar-refractivity contribution is -0.115. The lowest BCUT2D eigenvalue weighted by Gasteiger charge is -2.11. The van der Waals surface area contributed by atoms with Crippen LogP contribution in [0.15, 0.2) is 25.0 Å². The molecule has 1 atom stereocenters. The van der Waals surface area contributed by atoms with Gasteiger partial charge in [-0.3, -0.25) is 9.59 Å². The van der Waals surface area contributed by atoms with Crippen LogP contribution >= 0.6 is 0 Å². The molecule has 0 saturated heterocycles. The molecule has 0 aliphatic carbocycles. The van der Waals surface area contributed by atoms with Crippen molar-refractivity contribution in [3.63, 3.8) is 0 Å². The van der Waals surface area contributed by atoms with Gasteiger partial charge in [0.25, 0.3) is 0 Å². The quantitative estimate of drug-likeness (QED) is 0.460. The van der Waals surface area contributed by atoms with Crippen LogP contribution in [-0.4, -0.2) is 18.7 Å². The third-order valence-electron chi connectivity index (χ3n) is 1.22. The first-order chi connectivity index (χ1) is 5.85. The van der Waals surface area contributed by atoms with Crippen molar-refractivity contribution in [3.8, 4) is 0 Å². The molecule has 0 bridgehead atoms. The molecule has 3 heteroatoms. The number of hydrogen-bond donors (Lipinski definition) is 0. The molecule has 1 heterocycles. The molecule has 0 radical (unpaired) electrons. The summed E-state index contributed by atoms with van der Waals surface area (Å²) in [5.41, 5.74) is 0. The third kappa shape index (κ3) is 5.41. The Morgan fingerprint density at radius 3 is 2.42 bits per heavy atom. The standard InChI is InChI=1S/C6H8O2.C3H4O/c7-5-6-3-1-2-4-8-6;1-2-3-4/h2,4-6H,1,3H2;2-3H,1H2. The molecule has 0 aromatic heterocycles. The number of carbonyl (C=O) groups excluding carboxylic acids is 2. The molecular weight excluding hydrogens is 156 g/mol. The fourth-order valence-corrected chi connectivity index (χ4v) is 0.653. The van der Waals surface area contributed by atoms with Gasteiger partial charge in [0.2, 0.25) is 0 Å². The Hall–Kier alpha value is -1.38. The van der Waals surface area contributed by atoms with Crippen LogP contribution in [-0.2, 0) is 14.3 Å². The van der Waals surface area contributed by atoms with Crippen molar-refractivity contribution in [2.75, 3.05) is 0 Å². The van der Waals surface area contributed by atoms with E-state index >= 15 is 0 Å². The first-order valence-corrected chi connectivity index (χ1v) is 3.67. The minimum absolute atomic E-state index is 0.181. The molecule has 1 aliphatic rings. The van der Waals surface area contributed by atoms with Gasteiger partial charge in [0, 0.05) is 0 Å². The van der Waals surface area contributed by atoms with Crippen molar-refractivity contribution in [2.45, 2.75) is 18.9 Å². The Bertz CT molecular complexity index is 167. The van der Waals surface area contributed by atoms with Crippen LogP contribution in [0.4, 0.5) is 0 Å². The normalized spacial score (nSPS) is 19.5. The molecule has 0 aromatic rings. The number of carbonyl (C=O) groups is 2. The summed E-state index contributed by atoms with van der Waals surface area (Å²) in [6.45, 7) is 3.11. The minimum atomic E-state index is -0.181. The second-order valence-corrected chi connectivity index (χ2v) is 2.13. The van der Waals surface area contributed by atoms with Gasteiger partial charge in [0.05, 0.1) is 6.26 Å². The number of hydrogen-bond acceptors (Lipinski definition) is 3. The van der Waals surface area contributed by atoms with E-state index in [9.17, 15) is 4.79 Å². The maximum atomic E-state index is 10.0. The van der Waals surface area contributed by atoms with Crippen molar-refractivity contribution < 1.29 is 14.3 Å². The summed E-state index contributed by atoms with van der Waals surface area (Å²) in [4.78, 5) is 19.1. The number of ether oxygens (including phenoxy) is 1. The highest BCUT2D eigenvalue weighted by Gasteiger charge is 2.06. The highest BCUT2D eigenvalue weighted by molar-refractivity contribution is 5.63. The second-order valence-electron chi connectivity index (χ2n) is 2.13. The number of allylic oxidation sites excluding steroid dienone is 2. The van der Waals surface area contributed by atoms with Crippen molar-refractivity contribution in [2.24, 2.45) is 0 Å². The average molecular weight is 168 g/mol. The van der Waals surface area contributed by atoms with Gasteiger partial charge in [-0.05, 0) is 25.0 Å². The van der Waals surface area contributed by atoms with Crippen LogP contribution in [0.25, 0.3) is 0 Å². The maximum Gasteiger partial charge on any atom is 0.160 e. The van der Waals surface area contributed by atoms with Crippen LogP contribution in [0.3, 0.4) is 0 Å². The van der Waals surface area contributed by atoms with E-state index in [1.165, 1.54) is 6.08 Å². The molecule has 0 N–H and O–H groups in total. The Labute approximate surface area is 71.7 Å². The maximum absolute atomic E-state index is 10.0. The zero-order valence-corrected chi connectivity index (χ0v) is 6.81. The lowest BCUT2D eigenvalue weighted by atomic mass is 10.2. The molecule has 3 nitrogen and oxygen atoms in total. The van der Waals surface area contributed by atoms with Crippen LogP contribution in [0.1, 0.15) is 12.8 Å². The highest BCUT2D eigenvalue weighted by atomic mass is 16.5. The second kappa shape index (κ2) is 7.72. The van der Waals surface area contributed by atoms with E-state index in [0.717, 1.165) is 19.1 Å². The zero-order chi connectivity index (χ0) is 9.23. The van der Waals surface area contributed by atoms with Gasteiger partial charge in [-0.25, -0.2) is 0 Å². The predicted octanol–water partition coefficient (Wildman–Crippen LogP) is 1.25. The van der Waals surface area contributed by atoms with Gasteiger partial charge < -0.3 is 4.74 Å². The Kier molecular flexibility index (Phi) is 6.84. The van der Waals surface area contributed by atoms with Gasteiger partial charge in [0.1, 0.15) is 6.29 Å². The molecule has 0 spiro atoms. The average Bonchev–Trinajstić information content (AvgIpc) is 2.19. The van der Waals surface area contributed by atoms with E-state index in [1.807, 2.05) is 6.08 Å². The molecule has 0 aromatic carbocycles. The summed E-state index contributed by atoms with van der Waals surface area (Å²) in [6.07, 6.45) is 7.79. The predicted molar refractivity (Wildman–Crippen MR) is 45.6 cm³/mol. The Morgan fingerprint density at radius 2 is 2.17 bits per heavy atom. The molecule has 0 fully saturated rings. The topological polar surface area (TPSA) is 43.4 Å². The Morgan fingerprint density at radius 1 is 1.50 bits per heavy atom. The lowest BCUT2D eigenvalue weighted by Crippen LogP contribution is -2.12. The van der Waals surface area contributed by atoms with E-state index in [1.54, 1.807) is 6.26 Å². The zero-order valence-electron chi connectivity index (χ0n) is 6.81. The van der Waals surface area contributed by atoms with Gasteiger partial charge in [-0.1, -0.05) is 6.58 Å². The van der Waals surface area contributed by atoms with Crippen LogP contribution in [0.2, 0.25) is 0 Å². The Balaban J connectivity index is 0.000000261. The van der Waals surface area contributed by atoms with Crippen molar-refractivity contribution in [1.82, 2.24) is 0 Å². The first kappa shape index (κ1) is 10.6. The molecule has 66 valence electrons. The summed E-state index contributed by atoms with van der Waals surface area (Å²) in [5, 5.41) is 0. The SMILES string of the molecule is C=CC=O.O=CC1CCC=CO1. The van der Waals surface area contributed by atoms with Gasteiger partial charge >= 0.3 is 0 Å². The summed E-state index contributed by atoms with van der Waals surface area (Å²) in [6, 6.07) is 0. The van der Waals surface area contributed by atoms with E-state index in [0.29, 0.717) is 6.29 Å². The fourth-order valence-electron chi connectivity index (χ4n) is 0.653. The molecule has 0 saturated carbocycles. The molecule has 12 heavy (non-hydrogen) atoms. The molecule has 1 rings (SSSR count). The van der Waals surface area contributed by atoms with E-state index in [4.69, 9.17) is 9.53 Å². The monoisotopic (exact) mass is 168 g/mol. The summed E-state index contributed by atoms with van der Waals surface area (Å²) in [7, 11) is 0. The van der Waals surface area contributed by atoms with Crippen molar-refractivity contribution in [3.05, 3.63) is 25.0 Å². The summed E-state index contributed by atoms with van der Waals surface area (Å²) < 4.78 is 4.88. The number of rotatable bonds is 2. The molecule has 1 aliphatic heterocycles. The van der Waals surface area contributed by atoms with Crippen LogP contribution in [0, 0.1) is 0 Å². The molecule has 0 amide bonds. The smallest absolute Gasteiger partial charge is 0.160 e. The third-order valence-corrected chi connectivity index (χ3v) is 1.22. The fraction of sp³-hybridized carbons (Fsp3) is 0.333. The van der Waals surface area contributed by atoms with Crippen LogP contribution in [0.5, 0.6) is 0 Å². The van der Waals surface area contributed by atoms with E-state index < -0.39 is 0 Å². The van der Waals surface area contributed by atoms with Gasteiger partial charge in [-0.15, -0.1) is 0 Å². The summed E-state index contributed by atoms with van der Waals surface area (Å²) >= 11 is 0. The first-order valence-electron chi connectivity index (χ1n) is 3.67. The van der Waals surface area contributed by atoms with Crippen molar-refractivity contribution in [1.29, 1.82) is 0 Å². The largest absolute Gasteiger partial charge is 0.491 e. The number of aldehydes is 2. The van der Waals surface area contributed by atoms with E-state index in [-0.39, 0.29) is 6.10 Å². The van der Waals surface area contributed by atoms with Gasteiger partial charge in [-0.2, -0.15) is 0 Å². The molecular formula is C9H12O3. The highest BCUT2D eigenvalue weighted by Crippen LogP contribution is 2.06. The minimum Gasteiger partial charge on any atom is -0.491 e. The van der Waals surface area contributed by atoms with Gasteiger partial charge in [0.15, 0.2) is 12.4 Å². The summed E-state index contributed by atoms with van der Waals surface area (Å²) in [5.74, 6) is 0.